The summed E-state index contributed by atoms with van der Waals surface area (Å²) in [5, 5.41) is 9.60. The Kier molecular flexibility index (Phi) is 7.98. The number of piperazine rings is 1. The highest BCUT2D eigenvalue weighted by Crippen LogP contribution is 2.52. The molecule has 1 N–H and O–H groups in total. The number of piperidine rings is 1. The Morgan fingerprint density at radius 3 is 2.42 bits per heavy atom. The average molecular weight is 566 g/mol. The number of β-amino-alcohol motifs (C(OH)–C–C–N with tert-alkyl or cyclic N) is 1. The van der Waals surface area contributed by atoms with E-state index in [1.54, 1.807) is 17.0 Å². The lowest BCUT2D eigenvalue weighted by atomic mass is 9.90. The van der Waals surface area contributed by atoms with Gasteiger partial charge in [0.25, 0.3) is 0 Å². The lowest BCUT2D eigenvalue weighted by molar-refractivity contribution is -0.0145. The molecule has 38 heavy (non-hydrogen) atoms. The first kappa shape index (κ1) is 27.3. The molecular weight excluding hydrogens is 533 g/mol. The molecule has 2 aliphatic heterocycles. The second-order valence-electron chi connectivity index (χ2n) is 10.3. The summed E-state index contributed by atoms with van der Waals surface area (Å²) in [5.74, 6) is -0.429. The lowest BCUT2D eigenvalue weighted by Gasteiger charge is -2.45. The van der Waals surface area contributed by atoms with Crippen LogP contribution in [0.1, 0.15) is 43.7 Å². The quantitative estimate of drug-likeness (QED) is 0.545. The van der Waals surface area contributed by atoms with Gasteiger partial charge in [-0.2, -0.15) is 4.31 Å². The van der Waals surface area contributed by atoms with Crippen LogP contribution in [-0.2, 0) is 14.8 Å². The molecule has 0 radical (unpaired) electrons. The van der Waals surface area contributed by atoms with Crippen LogP contribution in [0.2, 0.25) is 5.02 Å². The van der Waals surface area contributed by atoms with Crippen LogP contribution in [0.5, 0.6) is 0 Å². The first-order valence-electron chi connectivity index (χ1n) is 13.1. The Balaban J connectivity index is 1.44. The van der Waals surface area contributed by atoms with E-state index in [-0.39, 0.29) is 11.5 Å². The van der Waals surface area contributed by atoms with Crippen LogP contribution in [0.15, 0.2) is 53.4 Å². The molecule has 11 heteroatoms. The third-order valence-corrected chi connectivity index (χ3v) is 10.1. The van der Waals surface area contributed by atoms with Gasteiger partial charge in [0.1, 0.15) is 11.4 Å². The predicted octanol–water partition coefficient (Wildman–Crippen LogP) is 4.04. The molecular formula is C27H33ClFN3O5S. The Hall–Kier alpha value is -2.24. The van der Waals surface area contributed by atoms with E-state index in [9.17, 15) is 22.7 Å². The van der Waals surface area contributed by atoms with Gasteiger partial charge in [-0.15, -0.1) is 0 Å². The molecule has 3 fully saturated rings. The number of sulfonamides is 1. The maximum Gasteiger partial charge on any atom is 0.410 e. The zero-order valence-corrected chi connectivity index (χ0v) is 22.7. The van der Waals surface area contributed by atoms with E-state index in [4.69, 9.17) is 16.3 Å². The Labute approximate surface area is 228 Å². The van der Waals surface area contributed by atoms with E-state index in [2.05, 4.69) is 4.90 Å². The van der Waals surface area contributed by atoms with Crippen LogP contribution in [0, 0.1) is 5.82 Å². The summed E-state index contributed by atoms with van der Waals surface area (Å²) in [6, 6.07) is 10.9. The maximum atomic E-state index is 14.2. The molecule has 2 heterocycles. The number of carbonyl (C=O) groups excluding carboxylic acids is 1. The van der Waals surface area contributed by atoms with Crippen molar-refractivity contribution in [3.05, 3.63) is 64.9 Å². The Morgan fingerprint density at radius 1 is 1.08 bits per heavy atom. The fourth-order valence-electron chi connectivity index (χ4n) is 5.72. The molecule has 5 rings (SSSR count). The summed E-state index contributed by atoms with van der Waals surface area (Å²) in [6.45, 7) is 2.89. The number of hydrogen-bond donors (Lipinski definition) is 1. The summed E-state index contributed by atoms with van der Waals surface area (Å²) >= 11 is 6.03. The van der Waals surface area contributed by atoms with Gasteiger partial charge in [0, 0.05) is 37.7 Å². The molecule has 2 atom stereocenters. The number of nitrogens with zero attached hydrogens (tertiary/aromatic N) is 3. The number of aliphatic hydroxyl groups excluding tert-OH is 1. The van der Waals surface area contributed by atoms with Gasteiger partial charge in [-0.3, -0.25) is 4.90 Å². The average Bonchev–Trinajstić information content (AvgIpc) is 3.69. The van der Waals surface area contributed by atoms with Crippen molar-refractivity contribution in [2.45, 2.75) is 54.7 Å². The largest absolute Gasteiger partial charge is 0.441 e. The second-order valence-corrected chi connectivity index (χ2v) is 12.6. The Bertz CT molecular complexity index is 1250. The molecule has 2 aromatic rings. The van der Waals surface area contributed by atoms with Crippen molar-refractivity contribution in [1.82, 2.24) is 14.1 Å². The highest BCUT2D eigenvalue weighted by molar-refractivity contribution is 7.89. The number of halogens is 2. The summed E-state index contributed by atoms with van der Waals surface area (Å²) in [4.78, 5) is 17.1. The highest BCUT2D eigenvalue weighted by atomic mass is 35.5. The second kappa shape index (κ2) is 11.1. The standard InChI is InChI=1S/C27H33ClFN3O5S/c28-21-7-9-23(10-8-21)38(35,36)32-24(20-3-1-4-22(29)19-20)5-2-6-25(32)27(11-12-27)37-26(34)31-15-13-30(14-16-31)17-18-33/h1,3-4,7-10,19,24-25,33H,2,5-6,11-18H2/t24-,25+/m0/s1. The number of benzene rings is 2. The topological polar surface area (TPSA) is 90.4 Å². The van der Waals surface area contributed by atoms with E-state index >= 15 is 0 Å². The molecule has 206 valence electrons. The van der Waals surface area contributed by atoms with E-state index < -0.39 is 39.6 Å². The van der Waals surface area contributed by atoms with Crippen LogP contribution in [-0.4, -0.2) is 84.7 Å². The third-order valence-electron chi connectivity index (χ3n) is 7.88. The number of rotatable bonds is 7. The van der Waals surface area contributed by atoms with Crippen LogP contribution in [0.4, 0.5) is 9.18 Å². The number of carbonyl (C=O) groups is 1. The Morgan fingerprint density at radius 2 is 1.79 bits per heavy atom. The number of aliphatic hydroxyl groups is 1. The molecule has 1 amide bonds. The van der Waals surface area contributed by atoms with Crippen LogP contribution in [0.25, 0.3) is 0 Å². The van der Waals surface area contributed by atoms with Gasteiger partial charge in [0.15, 0.2) is 0 Å². The minimum absolute atomic E-state index is 0.0691. The summed E-state index contributed by atoms with van der Waals surface area (Å²) in [7, 11) is -4.04. The minimum Gasteiger partial charge on any atom is -0.441 e. The number of ether oxygens (including phenoxy) is 1. The van der Waals surface area contributed by atoms with Gasteiger partial charge >= 0.3 is 6.09 Å². The molecule has 2 saturated heterocycles. The van der Waals surface area contributed by atoms with Crippen LogP contribution in [0.3, 0.4) is 0 Å². The molecule has 0 spiro atoms. The van der Waals surface area contributed by atoms with Crippen molar-refractivity contribution in [1.29, 1.82) is 0 Å². The zero-order valence-electron chi connectivity index (χ0n) is 21.1. The highest BCUT2D eigenvalue weighted by Gasteiger charge is 2.60. The van der Waals surface area contributed by atoms with Crippen molar-refractivity contribution in [3.63, 3.8) is 0 Å². The van der Waals surface area contributed by atoms with Crippen LogP contribution < -0.4 is 0 Å². The van der Waals surface area contributed by atoms with Gasteiger partial charge in [0.2, 0.25) is 10.0 Å². The molecule has 0 unspecified atom stereocenters. The fraction of sp³-hybridized carbons (Fsp3) is 0.519. The maximum absolute atomic E-state index is 14.2. The predicted molar refractivity (Wildman–Crippen MR) is 141 cm³/mol. The smallest absolute Gasteiger partial charge is 0.410 e. The molecule has 3 aliphatic rings. The van der Waals surface area contributed by atoms with E-state index in [1.165, 1.54) is 40.7 Å². The van der Waals surface area contributed by atoms with Crippen molar-refractivity contribution in [2.75, 3.05) is 39.3 Å². The van der Waals surface area contributed by atoms with E-state index in [0.717, 1.165) is 6.42 Å². The van der Waals surface area contributed by atoms with Crippen molar-refractivity contribution in [3.8, 4) is 0 Å². The van der Waals surface area contributed by atoms with Gasteiger partial charge in [-0.1, -0.05) is 23.7 Å². The van der Waals surface area contributed by atoms with Crippen molar-refractivity contribution < 1.29 is 27.4 Å². The number of amides is 1. The molecule has 1 aliphatic carbocycles. The van der Waals surface area contributed by atoms with Crippen molar-refractivity contribution in [2.24, 2.45) is 0 Å². The van der Waals surface area contributed by atoms with Crippen molar-refractivity contribution >= 4 is 27.7 Å². The SMILES string of the molecule is O=C(OC1([C@H]2CCC[C@@H](c3cccc(F)c3)N2S(=O)(=O)c2ccc(Cl)cc2)CC1)N1CCN(CCO)CC1. The van der Waals surface area contributed by atoms with Gasteiger partial charge < -0.3 is 14.7 Å². The van der Waals surface area contributed by atoms with E-state index in [0.29, 0.717) is 69.0 Å². The third kappa shape index (κ3) is 5.56. The van der Waals surface area contributed by atoms with Gasteiger partial charge in [-0.05, 0) is 74.1 Å². The molecule has 8 nitrogen and oxygen atoms in total. The van der Waals surface area contributed by atoms with Gasteiger partial charge in [-0.25, -0.2) is 17.6 Å². The molecule has 0 aromatic heterocycles. The molecule has 1 saturated carbocycles. The summed E-state index contributed by atoms with van der Waals surface area (Å²) in [5.41, 5.74) is -0.348. The summed E-state index contributed by atoms with van der Waals surface area (Å²) in [6.07, 6.45) is 2.48. The normalized spacial score (nSPS) is 24.2. The van der Waals surface area contributed by atoms with Gasteiger partial charge in [0.05, 0.1) is 23.6 Å². The fourth-order valence-corrected chi connectivity index (χ4v) is 7.77. The molecule has 0 bridgehead atoms. The molecule has 2 aromatic carbocycles. The monoisotopic (exact) mass is 565 g/mol. The van der Waals surface area contributed by atoms with Crippen LogP contribution >= 0.6 is 11.6 Å². The van der Waals surface area contributed by atoms with E-state index in [1.807, 2.05) is 0 Å². The first-order chi connectivity index (χ1) is 18.2. The number of hydrogen-bond acceptors (Lipinski definition) is 6. The zero-order chi connectivity index (χ0) is 26.9. The minimum atomic E-state index is -4.04. The first-order valence-corrected chi connectivity index (χ1v) is 14.9. The summed E-state index contributed by atoms with van der Waals surface area (Å²) < 4.78 is 50.1. The lowest BCUT2D eigenvalue weighted by Crippen LogP contribution is -2.55.